The van der Waals surface area contributed by atoms with Crippen LogP contribution in [-0.2, 0) is 4.79 Å². The van der Waals surface area contributed by atoms with Gasteiger partial charge in [0.25, 0.3) is 0 Å². The minimum Gasteiger partial charge on any atom is -0.478 e. The molecule has 0 radical (unpaired) electrons. The highest BCUT2D eigenvalue weighted by Crippen LogP contribution is 2.04. The number of carboxylic acid groups (broad SMARTS) is 1. The standard InChI is InChI=1S/C11H8O2/c1-2-9-3-5-10(6-4-9)7-8-11(12)13/h1,3-8H,(H,12,13). The average Bonchev–Trinajstić information content (AvgIpc) is 2.15. The van der Waals surface area contributed by atoms with Crippen molar-refractivity contribution in [1.29, 1.82) is 0 Å². The van der Waals surface area contributed by atoms with Crippen LogP contribution in [0.15, 0.2) is 30.3 Å². The van der Waals surface area contributed by atoms with E-state index < -0.39 is 5.97 Å². The number of carboxylic acids is 1. The van der Waals surface area contributed by atoms with Gasteiger partial charge >= 0.3 is 5.97 Å². The topological polar surface area (TPSA) is 37.3 Å². The Morgan fingerprint density at radius 3 is 2.46 bits per heavy atom. The second-order valence-corrected chi connectivity index (χ2v) is 2.44. The third-order valence-corrected chi connectivity index (χ3v) is 1.50. The van der Waals surface area contributed by atoms with E-state index >= 15 is 0 Å². The van der Waals surface area contributed by atoms with Gasteiger partial charge in [-0.15, -0.1) is 6.42 Å². The first-order valence-corrected chi connectivity index (χ1v) is 3.70. The Morgan fingerprint density at radius 2 is 2.00 bits per heavy atom. The van der Waals surface area contributed by atoms with Gasteiger partial charge < -0.3 is 5.11 Å². The molecule has 1 rings (SSSR count). The Morgan fingerprint density at radius 1 is 1.38 bits per heavy atom. The molecule has 0 aliphatic rings. The molecule has 1 aromatic carbocycles. The van der Waals surface area contributed by atoms with E-state index in [1.165, 1.54) is 6.08 Å². The Hall–Kier alpha value is -2.01. The maximum absolute atomic E-state index is 10.2. The fraction of sp³-hybridized carbons (Fsp3) is 0. The van der Waals surface area contributed by atoms with Crippen LogP contribution in [0.4, 0.5) is 0 Å². The number of rotatable bonds is 2. The highest BCUT2D eigenvalue weighted by molar-refractivity contribution is 5.85. The highest BCUT2D eigenvalue weighted by atomic mass is 16.4. The van der Waals surface area contributed by atoms with Gasteiger partial charge in [-0.2, -0.15) is 0 Å². The molecule has 1 aromatic rings. The lowest BCUT2D eigenvalue weighted by atomic mass is 10.1. The van der Waals surface area contributed by atoms with Crippen molar-refractivity contribution < 1.29 is 9.90 Å². The first-order chi connectivity index (χ1) is 6.22. The van der Waals surface area contributed by atoms with Gasteiger partial charge in [0.2, 0.25) is 0 Å². The molecule has 0 aliphatic heterocycles. The molecule has 1 N–H and O–H groups in total. The first-order valence-electron chi connectivity index (χ1n) is 3.70. The van der Waals surface area contributed by atoms with Crippen molar-refractivity contribution in [2.24, 2.45) is 0 Å². The average molecular weight is 172 g/mol. The molecule has 0 heterocycles. The molecule has 0 atom stereocenters. The first kappa shape index (κ1) is 9.08. The van der Waals surface area contributed by atoms with Crippen molar-refractivity contribution in [3.05, 3.63) is 41.5 Å². The second-order valence-electron chi connectivity index (χ2n) is 2.44. The van der Waals surface area contributed by atoms with Crippen molar-refractivity contribution in [2.75, 3.05) is 0 Å². The van der Waals surface area contributed by atoms with Crippen LogP contribution in [0.5, 0.6) is 0 Å². The molecule has 0 saturated heterocycles. The Balaban J connectivity index is 2.82. The normalized spacial score (nSPS) is 9.77. The summed E-state index contributed by atoms with van der Waals surface area (Å²) in [7, 11) is 0. The van der Waals surface area contributed by atoms with Crippen molar-refractivity contribution in [3.63, 3.8) is 0 Å². The van der Waals surface area contributed by atoms with Gasteiger partial charge in [0, 0.05) is 11.6 Å². The Kier molecular flexibility index (Phi) is 2.88. The van der Waals surface area contributed by atoms with Gasteiger partial charge in [0.05, 0.1) is 0 Å². The SMILES string of the molecule is C#Cc1ccc(C=CC(=O)O)cc1. The van der Waals surface area contributed by atoms with Gasteiger partial charge in [-0.05, 0) is 23.8 Å². The zero-order valence-corrected chi connectivity index (χ0v) is 6.90. The summed E-state index contributed by atoms with van der Waals surface area (Å²) < 4.78 is 0. The number of benzene rings is 1. The van der Waals surface area contributed by atoms with Gasteiger partial charge in [0.1, 0.15) is 0 Å². The smallest absolute Gasteiger partial charge is 0.328 e. The summed E-state index contributed by atoms with van der Waals surface area (Å²) in [6.07, 6.45) is 7.76. The summed E-state index contributed by atoms with van der Waals surface area (Å²) in [4.78, 5) is 10.2. The van der Waals surface area contributed by atoms with E-state index in [0.717, 1.165) is 17.2 Å². The van der Waals surface area contributed by atoms with E-state index in [1.807, 2.05) is 0 Å². The zero-order chi connectivity index (χ0) is 9.68. The molecule has 0 spiro atoms. The van der Waals surface area contributed by atoms with Crippen molar-refractivity contribution in [2.45, 2.75) is 0 Å². The van der Waals surface area contributed by atoms with Gasteiger partial charge in [-0.1, -0.05) is 18.1 Å². The van der Waals surface area contributed by atoms with Crippen LogP contribution in [0, 0.1) is 12.3 Å². The lowest BCUT2D eigenvalue weighted by Gasteiger charge is -1.92. The third kappa shape index (κ3) is 2.84. The van der Waals surface area contributed by atoms with Crippen LogP contribution in [0.1, 0.15) is 11.1 Å². The third-order valence-electron chi connectivity index (χ3n) is 1.50. The fourth-order valence-corrected chi connectivity index (χ4v) is 0.858. The van der Waals surface area contributed by atoms with E-state index in [4.69, 9.17) is 11.5 Å². The van der Waals surface area contributed by atoms with Crippen LogP contribution in [0.2, 0.25) is 0 Å². The molecule has 13 heavy (non-hydrogen) atoms. The predicted octanol–water partition coefficient (Wildman–Crippen LogP) is 1.77. The Bertz CT molecular complexity index is 366. The minimum atomic E-state index is -0.957. The summed E-state index contributed by atoms with van der Waals surface area (Å²) in [5, 5.41) is 8.36. The number of terminal acetylenes is 1. The number of hydrogen-bond donors (Lipinski definition) is 1. The molecule has 0 aliphatic carbocycles. The van der Waals surface area contributed by atoms with Gasteiger partial charge in [-0.3, -0.25) is 0 Å². The molecule has 0 amide bonds. The fourth-order valence-electron chi connectivity index (χ4n) is 0.858. The molecule has 0 fully saturated rings. The molecular weight excluding hydrogens is 164 g/mol. The van der Waals surface area contributed by atoms with E-state index in [1.54, 1.807) is 24.3 Å². The largest absolute Gasteiger partial charge is 0.478 e. The molecule has 64 valence electrons. The second kappa shape index (κ2) is 4.13. The maximum Gasteiger partial charge on any atom is 0.328 e. The highest BCUT2D eigenvalue weighted by Gasteiger charge is 1.89. The van der Waals surface area contributed by atoms with Crippen LogP contribution in [0.3, 0.4) is 0 Å². The van der Waals surface area contributed by atoms with Crippen molar-refractivity contribution >= 4 is 12.0 Å². The van der Waals surface area contributed by atoms with E-state index in [2.05, 4.69) is 5.92 Å². The number of hydrogen-bond acceptors (Lipinski definition) is 1. The van der Waals surface area contributed by atoms with E-state index in [9.17, 15) is 4.79 Å². The van der Waals surface area contributed by atoms with Crippen molar-refractivity contribution in [1.82, 2.24) is 0 Å². The van der Waals surface area contributed by atoms with Gasteiger partial charge in [-0.25, -0.2) is 4.79 Å². The van der Waals surface area contributed by atoms with Crippen LogP contribution in [0.25, 0.3) is 6.08 Å². The lowest BCUT2D eigenvalue weighted by Crippen LogP contribution is -1.85. The van der Waals surface area contributed by atoms with Crippen LogP contribution >= 0.6 is 0 Å². The summed E-state index contributed by atoms with van der Waals surface area (Å²) >= 11 is 0. The summed E-state index contributed by atoms with van der Waals surface area (Å²) in [6, 6.07) is 7.08. The summed E-state index contributed by atoms with van der Waals surface area (Å²) in [5.74, 6) is 1.52. The minimum absolute atomic E-state index is 0.785. The molecule has 0 bridgehead atoms. The monoisotopic (exact) mass is 172 g/mol. The Labute approximate surface area is 76.5 Å². The van der Waals surface area contributed by atoms with Gasteiger partial charge in [0.15, 0.2) is 0 Å². The van der Waals surface area contributed by atoms with Crippen LogP contribution < -0.4 is 0 Å². The summed E-state index contributed by atoms with van der Waals surface area (Å²) in [6.45, 7) is 0. The molecule has 0 saturated carbocycles. The van der Waals surface area contributed by atoms with E-state index in [-0.39, 0.29) is 0 Å². The van der Waals surface area contributed by atoms with E-state index in [0.29, 0.717) is 0 Å². The molecular formula is C11H8O2. The number of carbonyl (C=O) groups is 1. The molecule has 0 aromatic heterocycles. The summed E-state index contributed by atoms with van der Waals surface area (Å²) in [5.41, 5.74) is 1.61. The zero-order valence-electron chi connectivity index (χ0n) is 6.90. The molecule has 2 nitrogen and oxygen atoms in total. The predicted molar refractivity (Wildman–Crippen MR) is 51.0 cm³/mol. The molecule has 0 unspecified atom stereocenters. The quantitative estimate of drug-likeness (QED) is 0.545. The molecule has 2 heteroatoms. The maximum atomic E-state index is 10.2. The van der Waals surface area contributed by atoms with Crippen molar-refractivity contribution in [3.8, 4) is 12.3 Å². The number of aliphatic carboxylic acids is 1. The van der Waals surface area contributed by atoms with Crippen LogP contribution in [-0.4, -0.2) is 11.1 Å². The lowest BCUT2D eigenvalue weighted by molar-refractivity contribution is -0.131.